The molecule has 170 valence electrons. The van der Waals surface area contributed by atoms with Crippen molar-refractivity contribution in [2.24, 2.45) is 0 Å². The van der Waals surface area contributed by atoms with Crippen LogP contribution in [0.5, 0.6) is 0 Å². The summed E-state index contributed by atoms with van der Waals surface area (Å²) in [4.78, 5) is 16.6. The van der Waals surface area contributed by atoms with Crippen LogP contribution in [0.25, 0.3) is 11.4 Å². The third-order valence-electron chi connectivity index (χ3n) is 4.71. The minimum atomic E-state index is -3.98. The zero-order chi connectivity index (χ0) is 23.6. The number of nitrogens with zero attached hydrogens (tertiary/aromatic N) is 5. The van der Waals surface area contributed by atoms with Crippen molar-refractivity contribution in [1.29, 1.82) is 0 Å². The molecular weight excluding hydrogens is 464 g/mol. The first-order chi connectivity index (χ1) is 15.7. The van der Waals surface area contributed by atoms with Gasteiger partial charge in [-0.05, 0) is 26.0 Å². The maximum absolute atomic E-state index is 12.9. The van der Waals surface area contributed by atoms with Crippen LogP contribution in [0.15, 0.2) is 57.4 Å². The smallest absolute Gasteiger partial charge is 0.272 e. The van der Waals surface area contributed by atoms with Crippen LogP contribution >= 0.6 is 11.3 Å². The lowest BCUT2D eigenvalue weighted by molar-refractivity contribution is 0.102. The van der Waals surface area contributed by atoms with E-state index < -0.39 is 15.9 Å². The molecule has 1 N–H and O–H groups in total. The number of aromatic nitrogens is 4. The van der Waals surface area contributed by atoms with Crippen molar-refractivity contribution in [2.75, 3.05) is 12.4 Å². The van der Waals surface area contributed by atoms with Gasteiger partial charge in [-0.15, -0.1) is 10.2 Å². The van der Waals surface area contributed by atoms with Crippen molar-refractivity contribution < 1.29 is 17.7 Å². The molecule has 4 rings (SSSR count). The highest BCUT2D eigenvalue weighted by atomic mass is 32.2. The number of hydrogen-bond donors (Lipinski definition) is 1. The van der Waals surface area contributed by atoms with Crippen LogP contribution in [-0.2, 0) is 16.6 Å². The maximum Gasteiger partial charge on any atom is 0.272 e. The molecule has 0 aliphatic heterocycles. The van der Waals surface area contributed by atoms with Crippen LogP contribution in [0, 0.1) is 13.8 Å². The van der Waals surface area contributed by atoms with Gasteiger partial charge in [0.05, 0.1) is 6.54 Å². The Kier molecular flexibility index (Phi) is 6.31. The van der Waals surface area contributed by atoms with Crippen molar-refractivity contribution in [3.63, 3.8) is 0 Å². The molecule has 0 saturated heterocycles. The number of aryl methyl sites for hydroxylation is 2. The molecule has 12 heteroatoms. The first-order valence-corrected chi connectivity index (χ1v) is 12.1. The number of rotatable bonds is 7. The Bertz CT molecular complexity index is 1380. The van der Waals surface area contributed by atoms with Crippen LogP contribution in [0.1, 0.15) is 27.4 Å². The molecule has 10 nitrogen and oxygen atoms in total. The van der Waals surface area contributed by atoms with E-state index in [1.54, 1.807) is 12.1 Å². The summed E-state index contributed by atoms with van der Waals surface area (Å²) in [5.41, 5.74) is 3.31. The molecule has 0 bridgehead atoms. The van der Waals surface area contributed by atoms with Crippen molar-refractivity contribution in [3.05, 3.63) is 71.1 Å². The molecule has 0 fully saturated rings. The Morgan fingerprint density at radius 1 is 1.03 bits per heavy atom. The van der Waals surface area contributed by atoms with Gasteiger partial charge < -0.3 is 4.52 Å². The zero-order valence-corrected chi connectivity index (χ0v) is 19.6. The molecule has 4 aromatic rings. The van der Waals surface area contributed by atoms with Gasteiger partial charge in [-0.25, -0.2) is 8.42 Å². The van der Waals surface area contributed by atoms with Crippen LogP contribution in [0.2, 0.25) is 0 Å². The summed E-state index contributed by atoms with van der Waals surface area (Å²) in [6.45, 7) is 3.74. The summed E-state index contributed by atoms with van der Waals surface area (Å²) in [5.74, 6) is 0.0971. The molecule has 2 heterocycles. The monoisotopic (exact) mass is 484 g/mol. The number of amides is 1. The second-order valence-corrected chi connectivity index (χ2v) is 10.5. The van der Waals surface area contributed by atoms with Crippen molar-refractivity contribution in [1.82, 2.24) is 24.6 Å². The number of sulfonamides is 1. The van der Waals surface area contributed by atoms with Crippen molar-refractivity contribution in [3.8, 4) is 11.4 Å². The Balaban J connectivity index is 1.44. The summed E-state index contributed by atoms with van der Waals surface area (Å²) in [5, 5.41) is 14.1. The van der Waals surface area contributed by atoms with E-state index in [4.69, 9.17) is 4.52 Å². The van der Waals surface area contributed by atoms with Crippen LogP contribution in [0.3, 0.4) is 0 Å². The van der Waals surface area contributed by atoms with Gasteiger partial charge in [0.2, 0.25) is 21.2 Å². The second kappa shape index (κ2) is 9.17. The van der Waals surface area contributed by atoms with Crippen molar-refractivity contribution in [2.45, 2.75) is 24.7 Å². The molecule has 0 atom stereocenters. The van der Waals surface area contributed by atoms with Gasteiger partial charge in [0.1, 0.15) is 0 Å². The van der Waals surface area contributed by atoms with E-state index >= 15 is 0 Å². The highest BCUT2D eigenvalue weighted by molar-refractivity contribution is 7.91. The van der Waals surface area contributed by atoms with E-state index in [9.17, 15) is 13.2 Å². The highest BCUT2D eigenvalue weighted by Crippen LogP contribution is 2.24. The average molecular weight is 485 g/mol. The molecule has 33 heavy (non-hydrogen) atoms. The van der Waals surface area contributed by atoms with Crippen molar-refractivity contribution >= 4 is 32.4 Å². The first kappa shape index (κ1) is 22.7. The first-order valence-electron chi connectivity index (χ1n) is 9.80. The van der Waals surface area contributed by atoms with E-state index in [2.05, 4.69) is 25.7 Å². The molecule has 0 radical (unpaired) electrons. The number of carbonyl (C=O) groups excluding carboxylic acids is 1. The standard InChI is InChI=1S/C21H20N6O4S2/c1-13-4-8-15(9-5-13)18-22-17(31-26-18)12-27(3)33(29,30)21-25-24-20(32-21)23-19(28)16-10-6-14(2)7-11-16/h4-11H,12H2,1-3H3,(H,23,24,28). The quantitative estimate of drug-likeness (QED) is 0.395. The molecular formula is C21H20N6O4S2. The largest absolute Gasteiger partial charge is 0.338 e. The molecule has 0 aliphatic carbocycles. The molecule has 0 saturated carbocycles. The van der Waals surface area contributed by atoms with Gasteiger partial charge >= 0.3 is 0 Å². The number of benzene rings is 2. The van der Waals surface area contributed by atoms with E-state index in [1.165, 1.54) is 7.05 Å². The average Bonchev–Trinajstić information content (AvgIpc) is 3.45. The lowest BCUT2D eigenvalue weighted by atomic mass is 10.1. The second-order valence-electron chi connectivity index (χ2n) is 7.33. The minimum Gasteiger partial charge on any atom is -0.338 e. The van der Waals surface area contributed by atoms with E-state index in [1.807, 2.05) is 50.2 Å². The predicted octanol–water partition coefficient (Wildman–Crippen LogP) is 3.28. The third-order valence-corrected chi connectivity index (χ3v) is 7.70. The molecule has 0 aliphatic rings. The topological polar surface area (TPSA) is 131 Å². The fraction of sp³-hybridized carbons (Fsp3) is 0.190. The van der Waals surface area contributed by atoms with Crippen LogP contribution in [0.4, 0.5) is 5.13 Å². The van der Waals surface area contributed by atoms with Crippen LogP contribution in [-0.4, -0.2) is 46.0 Å². The Labute approximate surface area is 194 Å². The number of anilines is 1. The SMILES string of the molecule is Cc1ccc(C(=O)Nc2nnc(S(=O)(=O)N(C)Cc3nc(-c4ccc(C)cc4)no3)s2)cc1. The zero-order valence-electron chi connectivity index (χ0n) is 18.0. The lowest BCUT2D eigenvalue weighted by Gasteiger charge is -2.11. The summed E-state index contributed by atoms with van der Waals surface area (Å²) in [6.07, 6.45) is 0. The fourth-order valence-corrected chi connectivity index (χ4v) is 4.99. The maximum atomic E-state index is 12.9. The minimum absolute atomic E-state index is 0.0759. The van der Waals surface area contributed by atoms with Gasteiger partial charge in [-0.3, -0.25) is 10.1 Å². The van der Waals surface area contributed by atoms with Gasteiger partial charge in [-0.1, -0.05) is 64.0 Å². The molecule has 2 aromatic heterocycles. The number of carbonyl (C=O) groups is 1. The molecule has 2 aromatic carbocycles. The molecule has 0 spiro atoms. The van der Waals surface area contributed by atoms with E-state index in [-0.39, 0.29) is 21.9 Å². The Morgan fingerprint density at radius 3 is 2.33 bits per heavy atom. The predicted molar refractivity (Wildman–Crippen MR) is 122 cm³/mol. The Morgan fingerprint density at radius 2 is 1.67 bits per heavy atom. The molecule has 0 unspecified atom stereocenters. The Hall–Kier alpha value is -3.48. The van der Waals surface area contributed by atoms with Gasteiger partial charge in [0.25, 0.3) is 15.9 Å². The van der Waals surface area contributed by atoms with Gasteiger partial charge in [-0.2, -0.15) is 9.29 Å². The van der Waals surface area contributed by atoms with Gasteiger partial charge in [0.15, 0.2) is 0 Å². The van der Waals surface area contributed by atoms with Crippen LogP contribution < -0.4 is 5.32 Å². The summed E-state index contributed by atoms with van der Waals surface area (Å²) in [6, 6.07) is 14.5. The molecule has 1 amide bonds. The highest BCUT2D eigenvalue weighted by Gasteiger charge is 2.28. The normalized spacial score (nSPS) is 11.6. The number of hydrogen-bond acceptors (Lipinski definition) is 9. The third kappa shape index (κ3) is 5.13. The number of nitrogens with one attached hydrogen (secondary N) is 1. The summed E-state index contributed by atoms with van der Waals surface area (Å²) >= 11 is 0.758. The summed E-state index contributed by atoms with van der Waals surface area (Å²) < 4.78 is 31.8. The van der Waals surface area contributed by atoms with E-state index in [0.717, 1.165) is 32.3 Å². The van der Waals surface area contributed by atoms with E-state index in [0.29, 0.717) is 11.4 Å². The van der Waals surface area contributed by atoms with Gasteiger partial charge in [0, 0.05) is 18.2 Å². The summed E-state index contributed by atoms with van der Waals surface area (Å²) in [7, 11) is -2.61. The lowest BCUT2D eigenvalue weighted by Crippen LogP contribution is -2.26. The fourth-order valence-electron chi connectivity index (χ4n) is 2.79.